The maximum atomic E-state index is 12.4. The molecular weight excluding hydrogens is 204 g/mol. The molecule has 1 aliphatic heterocycles. The minimum Gasteiger partial charge on any atom is -0.380 e. The Morgan fingerprint density at radius 1 is 1.19 bits per heavy atom. The average Bonchev–Trinajstić information content (AvgIpc) is 2.64. The van der Waals surface area contributed by atoms with Gasteiger partial charge >= 0.3 is 0 Å². The van der Waals surface area contributed by atoms with Crippen LogP contribution in [0.4, 0.5) is 0 Å². The second-order valence-electron chi connectivity index (χ2n) is 4.66. The molecule has 16 heavy (non-hydrogen) atoms. The van der Waals surface area contributed by atoms with Gasteiger partial charge < -0.3 is 9.64 Å². The van der Waals surface area contributed by atoms with Gasteiger partial charge in [-0.1, -0.05) is 12.8 Å². The third-order valence-electron chi connectivity index (χ3n) is 3.59. The van der Waals surface area contributed by atoms with Crippen LogP contribution in [-0.4, -0.2) is 37.1 Å². The number of ether oxygens (including phenoxy) is 1. The Bertz CT molecular complexity index is 295. The van der Waals surface area contributed by atoms with Crippen LogP contribution in [0.2, 0.25) is 0 Å². The van der Waals surface area contributed by atoms with Gasteiger partial charge in [-0.05, 0) is 19.3 Å². The molecule has 4 nitrogen and oxygen atoms in total. The third kappa shape index (κ3) is 2.05. The van der Waals surface area contributed by atoms with E-state index in [4.69, 9.17) is 4.74 Å². The second-order valence-corrected chi connectivity index (χ2v) is 4.66. The standard InChI is InChI=1S/C12H18N2O2/c13-10-12(4-1-2-5-12)11(15)14-6-3-8-16-9-7-14/h1-9H2. The van der Waals surface area contributed by atoms with Crippen LogP contribution in [0.15, 0.2) is 0 Å². The van der Waals surface area contributed by atoms with Gasteiger partial charge in [-0.15, -0.1) is 0 Å². The van der Waals surface area contributed by atoms with Crippen molar-refractivity contribution in [2.75, 3.05) is 26.3 Å². The predicted octanol–water partition coefficient (Wildman–Crippen LogP) is 1.32. The molecule has 2 aliphatic rings. The van der Waals surface area contributed by atoms with Crippen molar-refractivity contribution >= 4 is 5.91 Å². The summed E-state index contributed by atoms with van der Waals surface area (Å²) in [5.41, 5.74) is -0.718. The highest BCUT2D eigenvalue weighted by atomic mass is 16.5. The summed E-state index contributed by atoms with van der Waals surface area (Å²) in [4.78, 5) is 14.2. The first-order valence-corrected chi connectivity index (χ1v) is 6.07. The zero-order chi connectivity index (χ0) is 11.4. The number of hydrogen-bond donors (Lipinski definition) is 0. The molecule has 2 rings (SSSR count). The molecule has 1 aliphatic carbocycles. The smallest absolute Gasteiger partial charge is 0.243 e. The molecule has 88 valence electrons. The van der Waals surface area contributed by atoms with E-state index in [1.54, 1.807) is 0 Å². The maximum Gasteiger partial charge on any atom is 0.243 e. The van der Waals surface area contributed by atoms with Crippen LogP contribution >= 0.6 is 0 Å². The zero-order valence-corrected chi connectivity index (χ0v) is 9.57. The molecule has 0 aromatic heterocycles. The van der Waals surface area contributed by atoms with Crippen molar-refractivity contribution in [3.8, 4) is 6.07 Å². The van der Waals surface area contributed by atoms with Crippen LogP contribution in [0.5, 0.6) is 0 Å². The minimum atomic E-state index is -0.718. The average molecular weight is 222 g/mol. The summed E-state index contributed by atoms with van der Waals surface area (Å²) in [6.07, 6.45) is 4.36. The van der Waals surface area contributed by atoms with E-state index in [1.165, 1.54) is 0 Å². The van der Waals surface area contributed by atoms with Gasteiger partial charge in [-0.25, -0.2) is 0 Å². The van der Waals surface area contributed by atoms with Crippen LogP contribution in [0, 0.1) is 16.7 Å². The van der Waals surface area contributed by atoms with Crippen molar-refractivity contribution in [3.63, 3.8) is 0 Å². The SMILES string of the molecule is N#CC1(C(=O)N2CCCOCC2)CCCC1. The molecule has 4 heteroatoms. The monoisotopic (exact) mass is 222 g/mol. The highest BCUT2D eigenvalue weighted by Crippen LogP contribution is 2.39. The van der Waals surface area contributed by atoms with Crippen molar-refractivity contribution in [2.45, 2.75) is 32.1 Å². The van der Waals surface area contributed by atoms with Gasteiger partial charge in [0.05, 0.1) is 12.7 Å². The minimum absolute atomic E-state index is 0.0398. The molecule has 1 saturated heterocycles. The summed E-state index contributed by atoms with van der Waals surface area (Å²) in [5, 5.41) is 9.26. The molecule has 1 saturated carbocycles. The van der Waals surface area contributed by atoms with E-state index < -0.39 is 5.41 Å². The number of carbonyl (C=O) groups is 1. The molecule has 2 fully saturated rings. The Morgan fingerprint density at radius 3 is 2.62 bits per heavy atom. The lowest BCUT2D eigenvalue weighted by atomic mass is 9.86. The van der Waals surface area contributed by atoms with Gasteiger partial charge in [0.2, 0.25) is 5.91 Å². The Hall–Kier alpha value is -1.08. The fourth-order valence-electron chi connectivity index (χ4n) is 2.60. The molecular formula is C12H18N2O2. The molecule has 0 aromatic rings. The number of hydrogen-bond acceptors (Lipinski definition) is 3. The highest BCUT2D eigenvalue weighted by Gasteiger charge is 2.43. The van der Waals surface area contributed by atoms with Crippen molar-refractivity contribution in [1.82, 2.24) is 4.90 Å². The fourth-order valence-corrected chi connectivity index (χ4v) is 2.60. The molecule has 0 aromatic carbocycles. The topological polar surface area (TPSA) is 53.3 Å². The Labute approximate surface area is 96.2 Å². The lowest BCUT2D eigenvalue weighted by Crippen LogP contribution is -2.43. The predicted molar refractivity (Wildman–Crippen MR) is 58.5 cm³/mol. The van der Waals surface area contributed by atoms with E-state index in [0.29, 0.717) is 13.2 Å². The van der Waals surface area contributed by atoms with Gasteiger partial charge in [-0.3, -0.25) is 4.79 Å². The fraction of sp³-hybridized carbons (Fsp3) is 0.833. The summed E-state index contributed by atoms with van der Waals surface area (Å²) in [5.74, 6) is 0.0398. The number of nitrogens with zero attached hydrogens (tertiary/aromatic N) is 2. The largest absolute Gasteiger partial charge is 0.380 e. The third-order valence-corrected chi connectivity index (χ3v) is 3.59. The number of nitriles is 1. The van der Waals surface area contributed by atoms with Gasteiger partial charge in [0, 0.05) is 19.7 Å². The maximum absolute atomic E-state index is 12.4. The van der Waals surface area contributed by atoms with Crippen molar-refractivity contribution < 1.29 is 9.53 Å². The summed E-state index contributed by atoms with van der Waals surface area (Å²) in [7, 11) is 0. The summed E-state index contributed by atoms with van der Waals surface area (Å²) in [6, 6.07) is 2.26. The molecule has 0 atom stereocenters. The normalized spacial score (nSPS) is 24.8. The number of amides is 1. The van der Waals surface area contributed by atoms with E-state index in [2.05, 4.69) is 6.07 Å². The van der Waals surface area contributed by atoms with Gasteiger partial charge in [0.1, 0.15) is 5.41 Å². The summed E-state index contributed by atoms with van der Waals surface area (Å²) < 4.78 is 5.33. The first-order valence-electron chi connectivity index (χ1n) is 6.07. The first-order chi connectivity index (χ1) is 7.78. The quantitative estimate of drug-likeness (QED) is 0.672. The van der Waals surface area contributed by atoms with Gasteiger partial charge in [0.25, 0.3) is 0 Å². The van der Waals surface area contributed by atoms with Crippen LogP contribution in [0.25, 0.3) is 0 Å². The van der Waals surface area contributed by atoms with Crippen LogP contribution in [0.1, 0.15) is 32.1 Å². The second kappa shape index (κ2) is 4.84. The Balaban J connectivity index is 2.07. The van der Waals surface area contributed by atoms with E-state index in [9.17, 15) is 10.1 Å². The van der Waals surface area contributed by atoms with E-state index >= 15 is 0 Å². The van der Waals surface area contributed by atoms with Crippen molar-refractivity contribution in [3.05, 3.63) is 0 Å². The molecule has 1 amide bonds. The molecule has 0 spiro atoms. The van der Waals surface area contributed by atoms with E-state index in [0.717, 1.165) is 45.3 Å². The zero-order valence-electron chi connectivity index (χ0n) is 9.57. The lowest BCUT2D eigenvalue weighted by molar-refractivity contribution is -0.138. The van der Waals surface area contributed by atoms with Crippen molar-refractivity contribution in [1.29, 1.82) is 5.26 Å². The first kappa shape index (κ1) is 11.4. The van der Waals surface area contributed by atoms with E-state index in [-0.39, 0.29) is 5.91 Å². The number of rotatable bonds is 1. The molecule has 0 bridgehead atoms. The van der Waals surface area contributed by atoms with Crippen LogP contribution in [0.3, 0.4) is 0 Å². The van der Waals surface area contributed by atoms with Gasteiger partial charge in [0.15, 0.2) is 0 Å². The highest BCUT2D eigenvalue weighted by molar-refractivity contribution is 5.85. The summed E-state index contributed by atoms with van der Waals surface area (Å²) >= 11 is 0. The lowest BCUT2D eigenvalue weighted by Gasteiger charge is -2.28. The molecule has 0 radical (unpaired) electrons. The van der Waals surface area contributed by atoms with Crippen molar-refractivity contribution in [2.24, 2.45) is 5.41 Å². The summed E-state index contributed by atoms with van der Waals surface area (Å²) in [6.45, 7) is 2.71. The molecule has 0 unspecified atom stereocenters. The van der Waals surface area contributed by atoms with Crippen LogP contribution in [-0.2, 0) is 9.53 Å². The Kier molecular flexibility index (Phi) is 3.45. The molecule has 1 heterocycles. The van der Waals surface area contributed by atoms with Gasteiger partial charge in [-0.2, -0.15) is 5.26 Å². The van der Waals surface area contributed by atoms with E-state index in [1.807, 2.05) is 4.90 Å². The Morgan fingerprint density at radius 2 is 1.94 bits per heavy atom. The van der Waals surface area contributed by atoms with Crippen LogP contribution < -0.4 is 0 Å². The molecule has 0 N–H and O–H groups in total. The number of carbonyl (C=O) groups excluding carboxylic acids is 1.